The van der Waals surface area contributed by atoms with Crippen molar-refractivity contribution in [2.45, 2.75) is 12.4 Å². The maximum atomic E-state index is 10.8. The predicted octanol–water partition coefficient (Wildman–Crippen LogP) is 4.36. The summed E-state index contributed by atoms with van der Waals surface area (Å²) in [6, 6.07) is 27.7. The Labute approximate surface area is 173 Å². The van der Waals surface area contributed by atoms with Crippen molar-refractivity contribution in [2.75, 3.05) is 10.6 Å². The van der Waals surface area contributed by atoms with E-state index in [1.54, 1.807) is 6.20 Å². The Morgan fingerprint density at radius 1 is 0.833 bits per heavy atom. The zero-order valence-electron chi connectivity index (χ0n) is 16.1. The van der Waals surface area contributed by atoms with Crippen molar-refractivity contribution in [3.63, 3.8) is 0 Å². The molecule has 2 unspecified atom stereocenters. The van der Waals surface area contributed by atoms with Gasteiger partial charge in [-0.1, -0.05) is 78.9 Å². The maximum absolute atomic E-state index is 10.8. The van der Waals surface area contributed by atoms with Crippen LogP contribution in [0.1, 0.15) is 11.1 Å². The molecule has 148 valence electrons. The van der Waals surface area contributed by atoms with E-state index >= 15 is 0 Å². The molecule has 6 nitrogen and oxygen atoms in total. The number of anilines is 2. The second-order valence-electron chi connectivity index (χ2n) is 6.96. The van der Waals surface area contributed by atoms with Gasteiger partial charge in [0, 0.05) is 22.4 Å². The van der Waals surface area contributed by atoms with Crippen molar-refractivity contribution in [2.24, 2.45) is 4.99 Å². The third kappa shape index (κ3) is 3.56. The highest BCUT2D eigenvalue weighted by atomic mass is 16.4. The van der Waals surface area contributed by atoms with E-state index in [9.17, 15) is 5.11 Å². The Kier molecular flexibility index (Phi) is 4.75. The van der Waals surface area contributed by atoms with Crippen molar-refractivity contribution in [1.82, 2.24) is 4.98 Å². The van der Waals surface area contributed by atoms with Crippen molar-refractivity contribution in [3.05, 3.63) is 102 Å². The van der Waals surface area contributed by atoms with Crippen LogP contribution in [0.15, 0.2) is 101 Å². The van der Waals surface area contributed by atoms with Gasteiger partial charge in [-0.2, -0.15) is 0 Å². The van der Waals surface area contributed by atoms with Crippen molar-refractivity contribution in [3.8, 4) is 11.3 Å². The van der Waals surface area contributed by atoms with Gasteiger partial charge >= 0.3 is 0 Å². The first-order valence-electron chi connectivity index (χ1n) is 9.73. The minimum Gasteiger partial charge on any atom is -0.424 e. The molecule has 0 spiro atoms. The van der Waals surface area contributed by atoms with Crippen molar-refractivity contribution in [1.29, 1.82) is 0 Å². The van der Waals surface area contributed by atoms with Gasteiger partial charge in [-0.3, -0.25) is 4.99 Å². The number of aliphatic hydroxyl groups is 1. The van der Waals surface area contributed by atoms with Gasteiger partial charge in [0.05, 0.1) is 11.9 Å². The molecular weight excluding hydrogens is 376 g/mol. The molecule has 3 aromatic carbocycles. The minimum atomic E-state index is -0.973. The number of rotatable bonds is 4. The fraction of sp³-hybridized carbons (Fsp3) is 0.0833. The number of hydrogen-bond acceptors (Lipinski definition) is 6. The van der Waals surface area contributed by atoms with Gasteiger partial charge in [-0.15, -0.1) is 0 Å². The lowest BCUT2D eigenvalue weighted by atomic mass is 10.0. The summed E-state index contributed by atoms with van der Waals surface area (Å²) in [4.78, 5) is 9.15. The highest BCUT2D eigenvalue weighted by molar-refractivity contribution is 6.16. The monoisotopic (exact) mass is 396 g/mol. The normalized spacial score (nSPS) is 18.0. The highest BCUT2D eigenvalue weighted by Gasteiger charge is 2.27. The van der Waals surface area contributed by atoms with Gasteiger partial charge < -0.3 is 20.2 Å². The number of aromatic nitrogens is 1. The standard InChI is InChI=1S/C24H20N4O2/c29-23-22(28-24-25-15-20(30-24)16-9-3-1-4-10-16)27-21(17-11-5-2-6-12-17)18-13-7-8-14-19(18)26-23/h1-15,22-23,26,29H,(H,25,28). The summed E-state index contributed by atoms with van der Waals surface area (Å²) in [6.07, 6.45) is -0.0144. The molecule has 0 bridgehead atoms. The van der Waals surface area contributed by atoms with Crippen LogP contribution in [0.5, 0.6) is 0 Å². The summed E-state index contributed by atoms with van der Waals surface area (Å²) in [5.41, 5.74) is 4.41. The van der Waals surface area contributed by atoms with Gasteiger partial charge in [0.25, 0.3) is 6.01 Å². The molecule has 0 saturated carbocycles. The lowest BCUT2D eigenvalue weighted by Gasteiger charge is -2.19. The smallest absolute Gasteiger partial charge is 0.296 e. The molecule has 2 heterocycles. The van der Waals surface area contributed by atoms with Crippen LogP contribution in [-0.4, -0.2) is 28.2 Å². The number of benzodiazepines with no additional fused rings is 1. The Balaban J connectivity index is 1.50. The SMILES string of the molecule is OC1Nc2ccccc2C(c2ccccc2)=NC1Nc1ncc(-c2ccccc2)o1. The molecule has 6 heteroatoms. The number of para-hydroxylation sites is 1. The van der Waals surface area contributed by atoms with Crippen LogP contribution in [0.2, 0.25) is 0 Å². The van der Waals surface area contributed by atoms with E-state index in [4.69, 9.17) is 9.41 Å². The fourth-order valence-electron chi connectivity index (χ4n) is 3.47. The summed E-state index contributed by atoms with van der Waals surface area (Å²) < 4.78 is 5.85. The summed E-state index contributed by atoms with van der Waals surface area (Å²) >= 11 is 0. The average Bonchev–Trinajstić information content (AvgIpc) is 3.21. The Hall–Kier alpha value is -3.90. The van der Waals surface area contributed by atoms with Crippen molar-refractivity contribution >= 4 is 17.4 Å². The molecule has 1 aromatic heterocycles. The first kappa shape index (κ1) is 18.1. The molecule has 2 atom stereocenters. The van der Waals surface area contributed by atoms with Gasteiger partial charge in [-0.05, 0) is 6.07 Å². The largest absolute Gasteiger partial charge is 0.424 e. The first-order valence-corrected chi connectivity index (χ1v) is 9.73. The number of nitrogens with zero attached hydrogens (tertiary/aromatic N) is 2. The number of aliphatic imine (C=N–C) groups is 1. The molecule has 3 N–H and O–H groups in total. The predicted molar refractivity (Wildman–Crippen MR) is 118 cm³/mol. The van der Waals surface area contributed by atoms with Crippen LogP contribution in [0.4, 0.5) is 11.7 Å². The second kappa shape index (κ2) is 7.85. The van der Waals surface area contributed by atoms with E-state index in [-0.39, 0.29) is 0 Å². The third-order valence-electron chi connectivity index (χ3n) is 4.94. The minimum absolute atomic E-state index is 0.293. The summed E-state index contributed by atoms with van der Waals surface area (Å²) in [7, 11) is 0. The van der Waals surface area contributed by atoms with Crippen LogP contribution in [0, 0.1) is 0 Å². The maximum Gasteiger partial charge on any atom is 0.296 e. The summed E-state index contributed by atoms with van der Waals surface area (Å²) in [6.45, 7) is 0. The molecule has 30 heavy (non-hydrogen) atoms. The molecule has 5 rings (SSSR count). The van der Waals surface area contributed by atoms with Crippen LogP contribution in [0.25, 0.3) is 11.3 Å². The van der Waals surface area contributed by atoms with Crippen LogP contribution in [0.3, 0.4) is 0 Å². The molecule has 4 aromatic rings. The third-order valence-corrected chi connectivity index (χ3v) is 4.94. The molecule has 0 aliphatic carbocycles. The van der Waals surface area contributed by atoms with Crippen molar-refractivity contribution < 1.29 is 9.52 Å². The van der Waals surface area contributed by atoms with Crippen LogP contribution in [-0.2, 0) is 0 Å². The van der Waals surface area contributed by atoms with E-state index in [1.807, 2.05) is 84.9 Å². The van der Waals surface area contributed by atoms with Gasteiger partial charge in [0.15, 0.2) is 18.2 Å². The van der Waals surface area contributed by atoms with E-state index in [0.717, 1.165) is 28.1 Å². The average molecular weight is 396 g/mol. The number of oxazole rings is 1. The second-order valence-corrected chi connectivity index (χ2v) is 6.96. The number of nitrogens with one attached hydrogen (secondary N) is 2. The van der Waals surface area contributed by atoms with E-state index in [1.165, 1.54) is 0 Å². The molecule has 1 aliphatic heterocycles. The lowest BCUT2D eigenvalue weighted by Crippen LogP contribution is -2.37. The lowest BCUT2D eigenvalue weighted by molar-refractivity contribution is 0.182. The fourth-order valence-corrected chi connectivity index (χ4v) is 3.47. The zero-order chi connectivity index (χ0) is 20.3. The van der Waals surface area contributed by atoms with Gasteiger partial charge in [-0.25, -0.2) is 4.98 Å². The highest BCUT2D eigenvalue weighted by Crippen LogP contribution is 2.27. The van der Waals surface area contributed by atoms with Crippen LogP contribution >= 0.6 is 0 Å². The van der Waals surface area contributed by atoms with E-state index < -0.39 is 12.4 Å². The number of benzene rings is 3. The molecular formula is C24H20N4O2. The number of fused-ring (bicyclic) bond motifs is 1. The summed E-state index contributed by atoms with van der Waals surface area (Å²) in [5, 5.41) is 17.1. The molecule has 0 amide bonds. The Bertz CT molecular complexity index is 1170. The Morgan fingerprint density at radius 3 is 2.27 bits per heavy atom. The van der Waals surface area contributed by atoms with Gasteiger partial charge in [0.1, 0.15) is 0 Å². The van der Waals surface area contributed by atoms with E-state index in [0.29, 0.717) is 11.8 Å². The quantitative estimate of drug-likeness (QED) is 0.477. The molecule has 0 saturated heterocycles. The number of aliphatic hydroxyl groups excluding tert-OH is 1. The van der Waals surface area contributed by atoms with Crippen LogP contribution < -0.4 is 10.6 Å². The van der Waals surface area contributed by atoms with E-state index in [2.05, 4.69) is 15.6 Å². The summed E-state index contributed by atoms with van der Waals surface area (Å²) in [5.74, 6) is 0.643. The Morgan fingerprint density at radius 2 is 1.50 bits per heavy atom. The molecule has 0 fully saturated rings. The number of hydrogen-bond donors (Lipinski definition) is 3. The molecule has 1 aliphatic rings. The first-order chi connectivity index (χ1) is 14.8. The van der Waals surface area contributed by atoms with Gasteiger partial charge in [0.2, 0.25) is 0 Å². The molecule has 0 radical (unpaired) electrons. The zero-order valence-corrected chi connectivity index (χ0v) is 16.1. The topological polar surface area (TPSA) is 82.7 Å².